The summed E-state index contributed by atoms with van der Waals surface area (Å²) in [5, 5.41) is 0. The minimum absolute atomic E-state index is 0.0113. The van der Waals surface area contributed by atoms with Gasteiger partial charge in [-0.2, -0.15) is 0 Å². The second-order valence-electron chi connectivity index (χ2n) is 6.10. The molecule has 1 aromatic carbocycles. The van der Waals surface area contributed by atoms with Crippen molar-refractivity contribution < 1.29 is 16.8 Å². The van der Waals surface area contributed by atoms with Gasteiger partial charge in [-0.15, -0.1) is 11.3 Å². The number of nitrogens with zero attached hydrogens (tertiary/aromatic N) is 1. The first-order valence-electron chi connectivity index (χ1n) is 8.51. The van der Waals surface area contributed by atoms with Gasteiger partial charge in [-0.1, -0.05) is 13.0 Å². The maximum atomic E-state index is 12.6. The number of anilines is 2. The summed E-state index contributed by atoms with van der Waals surface area (Å²) >= 11 is 1.24. The van der Waals surface area contributed by atoms with Gasteiger partial charge in [0.1, 0.15) is 4.21 Å². The fraction of sp³-hybridized carbons (Fsp3) is 0.412. The third-order valence-corrected chi connectivity index (χ3v) is 9.25. The van der Waals surface area contributed by atoms with Crippen LogP contribution in [0.25, 0.3) is 0 Å². The summed E-state index contributed by atoms with van der Waals surface area (Å²) in [6.45, 7) is 4.00. The van der Waals surface area contributed by atoms with Gasteiger partial charge in [-0.25, -0.2) is 16.8 Å². The largest absolute Gasteiger partial charge is 0.279 e. The van der Waals surface area contributed by atoms with Gasteiger partial charge < -0.3 is 0 Å². The van der Waals surface area contributed by atoms with Crippen molar-refractivity contribution in [1.29, 1.82) is 0 Å². The number of nitrogens with one attached hydrogen (secondary N) is 1. The highest BCUT2D eigenvalue weighted by molar-refractivity contribution is 7.94. The Morgan fingerprint density at radius 2 is 1.88 bits per heavy atom. The van der Waals surface area contributed by atoms with E-state index in [2.05, 4.69) is 4.72 Å². The highest BCUT2D eigenvalue weighted by atomic mass is 32.2. The minimum atomic E-state index is -3.69. The fourth-order valence-electron chi connectivity index (χ4n) is 2.95. The Labute approximate surface area is 159 Å². The van der Waals surface area contributed by atoms with Crippen molar-refractivity contribution in [3.05, 3.63) is 40.8 Å². The highest BCUT2D eigenvalue weighted by Gasteiger charge is 2.27. The van der Waals surface area contributed by atoms with Gasteiger partial charge in [-0.05, 0) is 56.0 Å². The zero-order chi connectivity index (χ0) is 18.9. The normalized spacial score (nSPS) is 14.9. The Bertz CT molecular complexity index is 1010. The number of rotatable bonds is 6. The second-order valence-corrected chi connectivity index (χ2v) is 11.4. The summed E-state index contributed by atoms with van der Waals surface area (Å²) in [6, 6.07) is 8.51. The van der Waals surface area contributed by atoms with E-state index in [-0.39, 0.29) is 9.96 Å². The van der Waals surface area contributed by atoms with Crippen LogP contribution in [-0.2, 0) is 32.9 Å². The number of fused-ring (bicyclic) bond motifs is 1. The molecular formula is C17H22N2O4S3. The van der Waals surface area contributed by atoms with Crippen molar-refractivity contribution in [2.24, 2.45) is 0 Å². The Kier molecular flexibility index (Phi) is 5.32. The van der Waals surface area contributed by atoms with Gasteiger partial charge in [-0.3, -0.25) is 9.03 Å². The monoisotopic (exact) mass is 414 g/mol. The van der Waals surface area contributed by atoms with Gasteiger partial charge in [0.25, 0.3) is 10.0 Å². The van der Waals surface area contributed by atoms with Crippen LogP contribution >= 0.6 is 11.3 Å². The van der Waals surface area contributed by atoms with Gasteiger partial charge in [0, 0.05) is 11.4 Å². The van der Waals surface area contributed by atoms with Crippen molar-refractivity contribution in [3.8, 4) is 0 Å². The van der Waals surface area contributed by atoms with E-state index in [9.17, 15) is 16.8 Å². The Balaban J connectivity index is 1.94. The molecule has 0 aliphatic carbocycles. The lowest BCUT2D eigenvalue weighted by Gasteiger charge is -2.30. The van der Waals surface area contributed by atoms with E-state index in [0.29, 0.717) is 17.9 Å². The van der Waals surface area contributed by atoms with Gasteiger partial charge >= 0.3 is 0 Å². The van der Waals surface area contributed by atoms with Crippen LogP contribution in [0.5, 0.6) is 0 Å². The van der Waals surface area contributed by atoms with E-state index >= 15 is 0 Å². The van der Waals surface area contributed by atoms with E-state index < -0.39 is 20.0 Å². The van der Waals surface area contributed by atoms with Crippen molar-refractivity contribution in [1.82, 2.24) is 0 Å². The topological polar surface area (TPSA) is 83.6 Å². The lowest BCUT2D eigenvalue weighted by molar-refractivity contribution is 0.588. The molecule has 1 aromatic heterocycles. The summed E-state index contributed by atoms with van der Waals surface area (Å²) in [5.41, 5.74) is 1.85. The lowest BCUT2D eigenvalue weighted by Crippen LogP contribution is -2.36. The van der Waals surface area contributed by atoms with Crippen LogP contribution in [0.3, 0.4) is 0 Å². The molecule has 9 heteroatoms. The molecule has 1 aliphatic rings. The summed E-state index contributed by atoms with van der Waals surface area (Å²) in [6.07, 6.45) is 2.32. The number of benzene rings is 1. The molecule has 2 aromatic rings. The Morgan fingerprint density at radius 3 is 2.54 bits per heavy atom. The molecule has 0 unspecified atom stereocenters. The first-order chi connectivity index (χ1) is 12.3. The molecule has 3 rings (SSSR count). The van der Waals surface area contributed by atoms with Crippen LogP contribution in [0.15, 0.2) is 34.5 Å². The van der Waals surface area contributed by atoms with Crippen molar-refractivity contribution in [2.75, 3.05) is 21.3 Å². The van der Waals surface area contributed by atoms with E-state index in [1.54, 1.807) is 31.2 Å². The second kappa shape index (κ2) is 7.21. The summed E-state index contributed by atoms with van der Waals surface area (Å²) in [4.78, 5) is 0.996. The summed E-state index contributed by atoms with van der Waals surface area (Å²) in [7, 11) is -7.08. The van der Waals surface area contributed by atoms with E-state index in [4.69, 9.17) is 0 Å². The third kappa shape index (κ3) is 3.74. The first kappa shape index (κ1) is 19.2. The van der Waals surface area contributed by atoms with E-state index in [0.717, 1.165) is 29.7 Å². The average Bonchev–Trinajstić information content (AvgIpc) is 3.11. The molecule has 0 saturated heterocycles. The number of aryl methyl sites for hydroxylation is 2. The smallest absolute Gasteiger partial charge is 0.271 e. The molecule has 0 fully saturated rings. The van der Waals surface area contributed by atoms with Crippen LogP contribution in [-0.4, -0.2) is 29.1 Å². The lowest BCUT2D eigenvalue weighted by atomic mass is 10.0. The van der Waals surface area contributed by atoms with Crippen LogP contribution in [0.1, 0.15) is 30.7 Å². The molecule has 0 spiro atoms. The van der Waals surface area contributed by atoms with Crippen molar-refractivity contribution >= 4 is 42.8 Å². The Hall–Kier alpha value is -1.58. The van der Waals surface area contributed by atoms with Crippen molar-refractivity contribution in [3.63, 3.8) is 0 Å². The minimum Gasteiger partial charge on any atom is -0.279 e. The molecule has 0 saturated carbocycles. The molecule has 142 valence electrons. The van der Waals surface area contributed by atoms with Crippen molar-refractivity contribution in [2.45, 2.75) is 37.3 Å². The number of sulfonamides is 2. The molecule has 0 bridgehead atoms. The molecule has 2 heterocycles. The predicted octanol–water partition coefficient (Wildman–Crippen LogP) is 3.21. The van der Waals surface area contributed by atoms with Crippen LogP contribution in [0.2, 0.25) is 0 Å². The maximum Gasteiger partial charge on any atom is 0.271 e. The van der Waals surface area contributed by atoms with Gasteiger partial charge in [0.15, 0.2) is 0 Å². The van der Waals surface area contributed by atoms with E-state index in [1.165, 1.54) is 15.6 Å². The fourth-order valence-corrected chi connectivity index (χ4v) is 6.48. The molecule has 26 heavy (non-hydrogen) atoms. The number of thiophene rings is 1. The number of hydrogen-bond donors (Lipinski definition) is 1. The van der Waals surface area contributed by atoms with E-state index in [1.807, 2.05) is 13.0 Å². The summed E-state index contributed by atoms with van der Waals surface area (Å²) < 4.78 is 54.1. The van der Waals surface area contributed by atoms with Gasteiger partial charge in [0.05, 0.1) is 17.1 Å². The third-order valence-electron chi connectivity index (χ3n) is 4.36. The molecule has 6 nitrogen and oxygen atoms in total. The first-order valence-corrected chi connectivity index (χ1v) is 12.4. The maximum absolute atomic E-state index is 12.6. The SMILES string of the molecule is CCc1ccc(S(=O)(=O)Nc2ccc3c(c2)N(S(=O)(=O)CC)CCC3)s1. The molecule has 0 atom stereocenters. The van der Waals surface area contributed by atoms with Crippen LogP contribution < -0.4 is 9.03 Å². The quantitative estimate of drug-likeness (QED) is 0.787. The molecular weight excluding hydrogens is 392 g/mol. The van der Waals surface area contributed by atoms with Crippen LogP contribution in [0, 0.1) is 0 Å². The zero-order valence-corrected chi connectivity index (χ0v) is 17.2. The molecule has 0 radical (unpaired) electrons. The summed E-state index contributed by atoms with van der Waals surface area (Å²) in [5.74, 6) is 0.0113. The zero-order valence-electron chi connectivity index (χ0n) is 14.7. The number of hydrogen-bond acceptors (Lipinski definition) is 5. The molecule has 0 amide bonds. The van der Waals surface area contributed by atoms with Crippen LogP contribution in [0.4, 0.5) is 11.4 Å². The Morgan fingerprint density at radius 1 is 1.12 bits per heavy atom. The molecule has 1 N–H and O–H groups in total. The average molecular weight is 415 g/mol. The molecule has 1 aliphatic heterocycles. The predicted molar refractivity (Wildman–Crippen MR) is 106 cm³/mol. The standard InChI is InChI=1S/C17H22N2O4S3/c1-3-15-9-10-17(24-15)26(22,23)18-14-8-7-13-6-5-11-19(16(13)12-14)25(20,21)4-2/h7-10,12,18H,3-6,11H2,1-2H3. The highest BCUT2D eigenvalue weighted by Crippen LogP contribution is 2.33. The van der Waals surface area contributed by atoms with Gasteiger partial charge in [0.2, 0.25) is 10.0 Å².